The fourth-order valence-corrected chi connectivity index (χ4v) is 1.67. The van der Waals surface area contributed by atoms with Gasteiger partial charge in [0, 0.05) is 25.1 Å². The fraction of sp³-hybridized carbons (Fsp3) is 0.400. The zero-order valence-corrected chi connectivity index (χ0v) is 11.0. The van der Waals surface area contributed by atoms with Crippen LogP contribution in [0.1, 0.15) is 12.8 Å². The third-order valence-corrected chi connectivity index (χ3v) is 2.80. The first kappa shape index (κ1) is 15.7. The first-order chi connectivity index (χ1) is 8.70. The Morgan fingerprint density at radius 2 is 2.00 bits per heavy atom. The Morgan fingerprint density at radius 1 is 1.37 bits per heavy atom. The molecule has 1 rings (SSSR count). The van der Waals surface area contributed by atoms with Crippen LogP contribution in [0.2, 0.25) is 0 Å². The van der Waals surface area contributed by atoms with E-state index in [1.54, 1.807) is 0 Å². The molecule has 0 aromatic heterocycles. The van der Waals surface area contributed by atoms with Gasteiger partial charge in [0.1, 0.15) is 11.5 Å². The number of hydrogen-bond donors (Lipinski definition) is 1. The second-order valence-electron chi connectivity index (χ2n) is 3.69. The summed E-state index contributed by atoms with van der Waals surface area (Å²) >= 11 is 2.80. The summed E-state index contributed by atoms with van der Waals surface area (Å²) in [6, 6.07) is 1.83. The van der Waals surface area contributed by atoms with Crippen molar-refractivity contribution in [1.82, 2.24) is 0 Å². The van der Waals surface area contributed by atoms with E-state index < -0.39 is 29.0 Å². The lowest BCUT2D eigenvalue weighted by Crippen LogP contribution is -2.11. The monoisotopic (exact) mass is 344 g/mol. The van der Waals surface area contributed by atoms with Crippen LogP contribution in [-0.2, 0) is 0 Å². The van der Waals surface area contributed by atoms with Crippen LogP contribution < -0.4 is 5.32 Å². The molecule has 0 heterocycles. The summed E-state index contributed by atoms with van der Waals surface area (Å²) in [6.45, 7) is -0.137. The number of nitro groups is 1. The van der Waals surface area contributed by atoms with E-state index in [0.29, 0.717) is 0 Å². The van der Waals surface area contributed by atoms with E-state index in [1.807, 2.05) is 0 Å². The molecule has 0 aliphatic heterocycles. The minimum atomic E-state index is -4.28. The second kappa shape index (κ2) is 6.18. The van der Waals surface area contributed by atoms with Crippen LogP contribution >= 0.6 is 15.9 Å². The van der Waals surface area contributed by atoms with Gasteiger partial charge >= 0.3 is 6.18 Å². The van der Waals surface area contributed by atoms with Crippen molar-refractivity contribution in [3.63, 3.8) is 0 Å². The maximum Gasteiger partial charge on any atom is 0.389 e. The van der Waals surface area contributed by atoms with Crippen molar-refractivity contribution >= 4 is 27.3 Å². The average Bonchev–Trinajstić information content (AvgIpc) is 2.27. The van der Waals surface area contributed by atoms with Gasteiger partial charge in [0.05, 0.1) is 9.40 Å². The molecular weight excluding hydrogens is 336 g/mol. The second-order valence-corrected chi connectivity index (χ2v) is 4.54. The lowest BCUT2D eigenvalue weighted by atomic mass is 10.2. The lowest BCUT2D eigenvalue weighted by Gasteiger charge is -2.09. The topological polar surface area (TPSA) is 55.2 Å². The summed E-state index contributed by atoms with van der Waals surface area (Å²) in [5, 5.41) is 13.2. The molecule has 1 aromatic rings. The molecule has 0 atom stereocenters. The predicted molar refractivity (Wildman–Crippen MR) is 64.5 cm³/mol. The molecule has 1 aromatic carbocycles. The number of alkyl halides is 3. The van der Waals surface area contributed by atoms with Crippen LogP contribution in [0.15, 0.2) is 16.6 Å². The fourth-order valence-electron chi connectivity index (χ4n) is 1.34. The van der Waals surface area contributed by atoms with Crippen LogP contribution in [0.4, 0.5) is 28.9 Å². The molecule has 0 aliphatic carbocycles. The van der Waals surface area contributed by atoms with Crippen LogP contribution in [0.5, 0.6) is 0 Å². The SMILES string of the molecule is O=[N+]([O-])c1cc(Br)c(F)cc1NCCCC(F)(F)F. The van der Waals surface area contributed by atoms with Crippen LogP contribution in [0, 0.1) is 15.9 Å². The minimum absolute atomic E-state index is 0.0833. The highest BCUT2D eigenvalue weighted by Gasteiger charge is 2.26. The van der Waals surface area contributed by atoms with E-state index in [-0.39, 0.29) is 23.1 Å². The van der Waals surface area contributed by atoms with E-state index in [1.165, 1.54) is 0 Å². The Balaban J connectivity index is 2.72. The summed E-state index contributed by atoms with van der Waals surface area (Å²) in [6.07, 6.45) is -5.54. The number of nitro benzene ring substituents is 1. The molecule has 0 aliphatic rings. The number of rotatable bonds is 5. The molecule has 9 heteroatoms. The molecule has 4 nitrogen and oxygen atoms in total. The standard InChI is InChI=1S/C10H9BrF4N2O2/c11-6-4-9(17(18)19)8(5-7(6)12)16-3-1-2-10(13,14)15/h4-5,16H,1-3H2. The summed E-state index contributed by atoms with van der Waals surface area (Å²) < 4.78 is 48.9. The highest BCUT2D eigenvalue weighted by atomic mass is 79.9. The van der Waals surface area contributed by atoms with Crippen molar-refractivity contribution < 1.29 is 22.5 Å². The van der Waals surface area contributed by atoms with Crippen LogP contribution in [0.3, 0.4) is 0 Å². The molecular formula is C10H9BrF4N2O2. The average molecular weight is 345 g/mol. The largest absolute Gasteiger partial charge is 0.389 e. The van der Waals surface area contributed by atoms with Crippen LogP contribution in [-0.4, -0.2) is 17.6 Å². The van der Waals surface area contributed by atoms with Crippen molar-refractivity contribution in [2.45, 2.75) is 19.0 Å². The predicted octanol–water partition coefficient (Wildman–Crippen LogP) is 4.25. The molecule has 19 heavy (non-hydrogen) atoms. The zero-order chi connectivity index (χ0) is 14.6. The normalized spacial score (nSPS) is 11.4. The lowest BCUT2D eigenvalue weighted by molar-refractivity contribution is -0.384. The summed E-state index contributed by atoms with van der Waals surface area (Å²) in [5.41, 5.74) is -0.548. The smallest absolute Gasteiger partial charge is 0.379 e. The zero-order valence-electron chi connectivity index (χ0n) is 9.43. The van der Waals surface area contributed by atoms with Crippen molar-refractivity contribution in [1.29, 1.82) is 0 Å². The molecule has 0 unspecified atom stereocenters. The quantitative estimate of drug-likeness (QED) is 0.376. The molecule has 0 saturated carbocycles. The van der Waals surface area contributed by atoms with Gasteiger partial charge in [-0.1, -0.05) is 0 Å². The van der Waals surface area contributed by atoms with Crippen molar-refractivity contribution in [2.75, 3.05) is 11.9 Å². The number of anilines is 1. The number of nitrogens with zero attached hydrogens (tertiary/aromatic N) is 1. The van der Waals surface area contributed by atoms with E-state index in [4.69, 9.17) is 0 Å². The van der Waals surface area contributed by atoms with Gasteiger partial charge in [-0.3, -0.25) is 10.1 Å². The van der Waals surface area contributed by atoms with Crippen molar-refractivity contribution in [3.05, 3.63) is 32.5 Å². The molecule has 0 fully saturated rings. The van der Waals surface area contributed by atoms with Gasteiger partial charge in [-0.05, 0) is 22.4 Å². The van der Waals surface area contributed by atoms with E-state index >= 15 is 0 Å². The molecule has 0 radical (unpaired) electrons. The van der Waals surface area contributed by atoms with Crippen molar-refractivity contribution in [2.24, 2.45) is 0 Å². The Labute approximate surface area is 114 Å². The van der Waals surface area contributed by atoms with Gasteiger partial charge in [-0.25, -0.2) is 4.39 Å². The van der Waals surface area contributed by atoms with E-state index in [2.05, 4.69) is 21.2 Å². The summed E-state index contributed by atoms with van der Waals surface area (Å²) in [5.74, 6) is -0.732. The maximum atomic E-state index is 13.2. The Kier molecular flexibility index (Phi) is 5.10. The maximum absolute atomic E-state index is 13.2. The van der Waals surface area contributed by atoms with Gasteiger partial charge in [-0.2, -0.15) is 13.2 Å². The molecule has 0 spiro atoms. The Hall–Kier alpha value is -1.38. The number of halogens is 5. The van der Waals surface area contributed by atoms with Crippen LogP contribution in [0.25, 0.3) is 0 Å². The van der Waals surface area contributed by atoms with E-state index in [9.17, 15) is 27.7 Å². The third kappa shape index (κ3) is 5.01. The highest BCUT2D eigenvalue weighted by Crippen LogP contribution is 2.30. The minimum Gasteiger partial charge on any atom is -0.379 e. The molecule has 0 bridgehead atoms. The summed E-state index contributed by atoms with van der Waals surface area (Å²) in [7, 11) is 0. The van der Waals surface area contributed by atoms with Gasteiger partial charge < -0.3 is 5.32 Å². The Morgan fingerprint density at radius 3 is 2.53 bits per heavy atom. The summed E-state index contributed by atoms with van der Waals surface area (Å²) in [4.78, 5) is 9.98. The van der Waals surface area contributed by atoms with Gasteiger partial charge in [0.2, 0.25) is 0 Å². The van der Waals surface area contributed by atoms with E-state index in [0.717, 1.165) is 12.1 Å². The van der Waals surface area contributed by atoms with Gasteiger partial charge in [0.25, 0.3) is 5.69 Å². The third-order valence-electron chi connectivity index (χ3n) is 2.19. The molecule has 1 N–H and O–H groups in total. The highest BCUT2D eigenvalue weighted by molar-refractivity contribution is 9.10. The first-order valence-electron chi connectivity index (χ1n) is 5.15. The number of hydrogen-bond acceptors (Lipinski definition) is 3. The first-order valence-corrected chi connectivity index (χ1v) is 5.94. The molecule has 106 valence electrons. The van der Waals surface area contributed by atoms with Crippen molar-refractivity contribution in [3.8, 4) is 0 Å². The number of nitrogens with one attached hydrogen (secondary N) is 1. The van der Waals surface area contributed by atoms with Gasteiger partial charge in [-0.15, -0.1) is 0 Å². The Bertz CT molecular complexity index is 479. The molecule has 0 amide bonds. The van der Waals surface area contributed by atoms with Gasteiger partial charge in [0.15, 0.2) is 0 Å². The number of benzene rings is 1. The molecule has 0 saturated heterocycles.